The largest absolute Gasteiger partial charge is 0.481 e. The van der Waals surface area contributed by atoms with Gasteiger partial charge in [0.25, 0.3) is 5.91 Å². The van der Waals surface area contributed by atoms with Crippen molar-refractivity contribution in [2.45, 2.75) is 39.0 Å². The summed E-state index contributed by atoms with van der Waals surface area (Å²) in [5, 5.41) is 11.4. The second-order valence-electron chi connectivity index (χ2n) is 4.63. The van der Waals surface area contributed by atoms with Crippen molar-refractivity contribution < 1.29 is 14.7 Å². The number of unbranched alkanes of at least 4 members (excludes halogenated alkanes) is 3. The molecular weight excluding hydrogens is 242 g/mol. The molecule has 1 aromatic rings. The Bertz CT molecular complexity index is 429. The van der Waals surface area contributed by atoms with Gasteiger partial charge in [-0.25, -0.2) is 0 Å². The van der Waals surface area contributed by atoms with Gasteiger partial charge in [-0.2, -0.15) is 0 Å². The maximum absolute atomic E-state index is 11.9. The van der Waals surface area contributed by atoms with Crippen molar-refractivity contribution in [1.82, 2.24) is 5.32 Å². The SMILES string of the molecule is Cc1ccccc1C(=O)NCCCCCCC(=O)O. The topological polar surface area (TPSA) is 66.4 Å². The van der Waals surface area contributed by atoms with Crippen LogP contribution in [0.4, 0.5) is 0 Å². The van der Waals surface area contributed by atoms with E-state index in [9.17, 15) is 9.59 Å². The molecule has 0 spiro atoms. The van der Waals surface area contributed by atoms with Gasteiger partial charge in [-0.05, 0) is 31.4 Å². The van der Waals surface area contributed by atoms with Gasteiger partial charge in [0.2, 0.25) is 0 Å². The Kier molecular flexibility index (Phi) is 6.64. The number of aliphatic carboxylic acids is 1. The number of hydrogen-bond donors (Lipinski definition) is 2. The van der Waals surface area contributed by atoms with Crippen LogP contribution in [0, 0.1) is 6.92 Å². The Morgan fingerprint density at radius 3 is 2.47 bits per heavy atom. The summed E-state index contributed by atoms with van der Waals surface area (Å²) >= 11 is 0. The zero-order chi connectivity index (χ0) is 14.1. The lowest BCUT2D eigenvalue weighted by Gasteiger charge is -2.07. The van der Waals surface area contributed by atoms with Crippen molar-refractivity contribution in [2.75, 3.05) is 6.54 Å². The van der Waals surface area contributed by atoms with Crippen molar-refractivity contribution >= 4 is 11.9 Å². The molecule has 19 heavy (non-hydrogen) atoms. The molecule has 0 fully saturated rings. The first kappa shape index (κ1) is 15.2. The van der Waals surface area contributed by atoms with Crippen molar-refractivity contribution in [1.29, 1.82) is 0 Å². The molecule has 1 amide bonds. The number of aryl methyl sites for hydroxylation is 1. The highest BCUT2D eigenvalue weighted by atomic mass is 16.4. The van der Waals surface area contributed by atoms with Crippen LogP contribution in [-0.2, 0) is 4.79 Å². The summed E-state index contributed by atoms with van der Waals surface area (Å²) in [6.07, 6.45) is 3.67. The lowest BCUT2D eigenvalue weighted by molar-refractivity contribution is -0.137. The zero-order valence-electron chi connectivity index (χ0n) is 11.3. The molecule has 0 unspecified atom stereocenters. The van der Waals surface area contributed by atoms with E-state index in [1.807, 2.05) is 31.2 Å². The molecule has 0 radical (unpaired) electrons. The monoisotopic (exact) mass is 263 g/mol. The van der Waals surface area contributed by atoms with E-state index in [0.29, 0.717) is 18.5 Å². The van der Waals surface area contributed by atoms with E-state index in [-0.39, 0.29) is 12.3 Å². The molecule has 104 valence electrons. The van der Waals surface area contributed by atoms with Crippen molar-refractivity contribution in [3.8, 4) is 0 Å². The third-order valence-corrected chi connectivity index (χ3v) is 2.99. The lowest BCUT2D eigenvalue weighted by Crippen LogP contribution is -2.25. The minimum absolute atomic E-state index is 0.0383. The van der Waals surface area contributed by atoms with E-state index in [4.69, 9.17) is 5.11 Å². The molecule has 0 aliphatic carbocycles. The minimum atomic E-state index is -0.743. The van der Waals surface area contributed by atoms with Crippen molar-refractivity contribution in [3.63, 3.8) is 0 Å². The Morgan fingerprint density at radius 1 is 1.11 bits per heavy atom. The van der Waals surface area contributed by atoms with Gasteiger partial charge in [0, 0.05) is 18.5 Å². The van der Waals surface area contributed by atoms with Crippen LogP contribution < -0.4 is 5.32 Å². The Labute approximate surface area is 113 Å². The van der Waals surface area contributed by atoms with Crippen LogP contribution in [-0.4, -0.2) is 23.5 Å². The number of carboxylic acids is 1. The molecule has 0 bridgehead atoms. The van der Waals surface area contributed by atoms with E-state index >= 15 is 0 Å². The first-order valence-electron chi connectivity index (χ1n) is 6.67. The fraction of sp³-hybridized carbons (Fsp3) is 0.467. The summed E-state index contributed by atoms with van der Waals surface area (Å²) in [4.78, 5) is 22.2. The van der Waals surface area contributed by atoms with Crippen LogP contribution in [0.2, 0.25) is 0 Å². The molecule has 0 aliphatic rings. The molecular formula is C15H21NO3. The highest BCUT2D eigenvalue weighted by molar-refractivity contribution is 5.95. The van der Waals surface area contributed by atoms with Gasteiger partial charge in [0.05, 0.1) is 0 Å². The maximum Gasteiger partial charge on any atom is 0.303 e. The molecule has 2 N–H and O–H groups in total. The van der Waals surface area contributed by atoms with E-state index < -0.39 is 5.97 Å². The smallest absolute Gasteiger partial charge is 0.303 e. The van der Waals surface area contributed by atoms with E-state index in [0.717, 1.165) is 24.8 Å². The summed E-state index contributed by atoms with van der Waals surface area (Å²) in [5.41, 5.74) is 1.69. The minimum Gasteiger partial charge on any atom is -0.481 e. The Hall–Kier alpha value is -1.84. The summed E-state index contributed by atoms with van der Waals surface area (Å²) in [5.74, 6) is -0.781. The summed E-state index contributed by atoms with van der Waals surface area (Å²) in [7, 11) is 0. The number of carboxylic acid groups (broad SMARTS) is 1. The summed E-state index contributed by atoms with van der Waals surface area (Å²) < 4.78 is 0. The molecule has 0 aromatic heterocycles. The molecule has 0 heterocycles. The van der Waals surface area contributed by atoms with Gasteiger partial charge in [-0.3, -0.25) is 9.59 Å². The average molecular weight is 263 g/mol. The molecule has 0 atom stereocenters. The zero-order valence-corrected chi connectivity index (χ0v) is 11.3. The van der Waals surface area contributed by atoms with Crippen LogP contribution in [0.1, 0.15) is 48.0 Å². The second kappa shape index (κ2) is 8.29. The highest BCUT2D eigenvalue weighted by Crippen LogP contribution is 2.07. The van der Waals surface area contributed by atoms with Gasteiger partial charge in [0.1, 0.15) is 0 Å². The van der Waals surface area contributed by atoms with Crippen molar-refractivity contribution in [2.24, 2.45) is 0 Å². The number of amides is 1. The highest BCUT2D eigenvalue weighted by Gasteiger charge is 2.06. The third-order valence-electron chi connectivity index (χ3n) is 2.99. The van der Waals surface area contributed by atoms with Crippen LogP contribution in [0.15, 0.2) is 24.3 Å². The van der Waals surface area contributed by atoms with Gasteiger partial charge in [-0.1, -0.05) is 31.0 Å². The van der Waals surface area contributed by atoms with Gasteiger partial charge in [-0.15, -0.1) is 0 Å². The van der Waals surface area contributed by atoms with Crippen LogP contribution in [0.3, 0.4) is 0 Å². The molecule has 1 aromatic carbocycles. The first-order valence-corrected chi connectivity index (χ1v) is 6.67. The average Bonchev–Trinajstić information content (AvgIpc) is 2.37. The predicted molar refractivity (Wildman–Crippen MR) is 74.2 cm³/mol. The number of carbonyl (C=O) groups excluding carboxylic acids is 1. The number of rotatable bonds is 8. The van der Waals surface area contributed by atoms with Gasteiger partial charge < -0.3 is 10.4 Å². The molecule has 4 heteroatoms. The number of benzene rings is 1. The summed E-state index contributed by atoms with van der Waals surface area (Å²) in [6, 6.07) is 7.50. The van der Waals surface area contributed by atoms with Crippen LogP contribution >= 0.6 is 0 Å². The molecule has 4 nitrogen and oxygen atoms in total. The van der Waals surface area contributed by atoms with Crippen molar-refractivity contribution in [3.05, 3.63) is 35.4 Å². The molecule has 1 rings (SSSR count). The number of nitrogens with one attached hydrogen (secondary N) is 1. The fourth-order valence-electron chi connectivity index (χ4n) is 1.88. The van der Waals surface area contributed by atoms with Crippen LogP contribution in [0.25, 0.3) is 0 Å². The number of carbonyl (C=O) groups is 2. The number of hydrogen-bond acceptors (Lipinski definition) is 2. The first-order chi connectivity index (χ1) is 9.11. The van der Waals surface area contributed by atoms with Gasteiger partial charge in [0.15, 0.2) is 0 Å². The van der Waals surface area contributed by atoms with Gasteiger partial charge >= 0.3 is 5.97 Å². The third kappa shape index (κ3) is 6.04. The maximum atomic E-state index is 11.9. The molecule has 0 saturated carbocycles. The van der Waals surface area contributed by atoms with E-state index in [1.165, 1.54) is 0 Å². The summed E-state index contributed by atoms with van der Waals surface area (Å²) in [6.45, 7) is 2.56. The lowest BCUT2D eigenvalue weighted by atomic mass is 10.1. The Morgan fingerprint density at radius 2 is 1.79 bits per heavy atom. The predicted octanol–water partition coefficient (Wildman–Crippen LogP) is 2.76. The standard InChI is InChI=1S/C15H21NO3/c1-12-8-5-6-9-13(12)15(19)16-11-7-3-2-4-10-14(17)18/h5-6,8-9H,2-4,7,10-11H2,1H3,(H,16,19)(H,17,18). The van der Waals surface area contributed by atoms with E-state index in [2.05, 4.69) is 5.32 Å². The normalized spacial score (nSPS) is 10.2. The van der Waals surface area contributed by atoms with E-state index in [1.54, 1.807) is 0 Å². The fourth-order valence-corrected chi connectivity index (χ4v) is 1.88. The molecule has 0 aliphatic heterocycles. The van der Waals surface area contributed by atoms with Crippen LogP contribution in [0.5, 0.6) is 0 Å². The molecule has 0 saturated heterocycles. The second-order valence-corrected chi connectivity index (χ2v) is 4.63. The Balaban J connectivity index is 2.15. The quantitative estimate of drug-likeness (QED) is 0.709.